The number of hydrogen-bond acceptors (Lipinski definition) is 5. The molecule has 1 aromatic rings. The molecule has 0 saturated carbocycles. The van der Waals surface area contributed by atoms with Crippen LogP contribution in [0.15, 0.2) is 12.1 Å². The van der Waals surface area contributed by atoms with E-state index in [9.17, 15) is 9.59 Å². The first-order valence-corrected chi connectivity index (χ1v) is 5.75. The van der Waals surface area contributed by atoms with Gasteiger partial charge in [0.1, 0.15) is 6.04 Å². The Labute approximate surface area is 104 Å². The minimum Gasteiger partial charge on any atom is -0.476 e. The van der Waals surface area contributed by atoms with Crippen molar-refractivity contribution >= 4 is 17.7 Å². The third kappa shape index (κ3) is 2.24. The van der Waals surface area contributed by atoms with E-state index in [1.807, 2.05) is 11.8 Å². The van der Waals surface area contributed by atoms with Gasteiger partial charge in [-0.15, -0.1) is 10.2 Å². The van der Waals surface area contributed by atoms with Gasteiger partial charge in [-0.25, -0.2) is 4.79 Å². The van der Waals surface area contributed by atoms with Gasteiger partial charge in [-0.2, -0.15) is 0 Å². The van der Waals surface area contributed by atoms with Crippen molar-refractivity contribution in [2.75, 3.05) is 18.0 Å². The van der Waals surface area contributed by atoms with Crippen molar-refractivity contribution in [1.82, 2.24) is 15.5 Å². The standard InChI is InChI=1S/C11H14N4O3/c1-2-8-10(16)12-5-6-15(8)9-4-3-7(11(17)18)13-14-9/h3-4,8H,2,5-6H2,1H3,(H,12,16)(H,17,18). The van der Waals surface area contributed by atoms with E-state index < -0.39 is 5.97 Å². The molecule has 0 radical (unpaired) electrons. The number of piperazine rings is 1. The zero-order valence-electron chi connectivity index (χ0n) is 9.96. The van der Waals surface area contributed by atoms with Crippen molar-refractivity contribution in [1.29, 1.82) is 0 Å². The minimum atomic E-state index is -1.11. The van der Waals surface area contributed by atoms with Gasteiger partial charge >= 0.3 is 5.97 Å². The number of carboxylic acid groups (broad SMARTS) is 1. The number of nitrogens with zero attached hydrogens (tertiary/aromatic N) is 3. The SMILES string of the molecule is CCC1C(=O)NCCN1c1ccc(C(=O)O)nn1. The number of carbonyl (C=O) groups excluding carboxylic acids is 1. The molecular weight excluding hydrogens is 236 g/mol. The molecule has 0 aromatic carbocycles. The molecule has 7 nitrogen and oxygen atoms in total. The summed E-state index contributed by atoms with van der Waals surface area (Å²) in [5.74, 6) is -0.618. The summed E-state index contributed by atoms with van der Waals surface area (Å²) in [5, 5.41) is 19.0. The third-order valence-electron chi connectivity index (χ3n) is 2.88. The smallest absolute Gasteiger partial charge is 0.356 e. The van der Waals surface area contributed by atoms with Gasteiger partial charge in [0.15, 0.2) is 11.5 Å². The predicted molar refractivity (Wildman–Crippen MR) is 63.4 cm³/mol. The fraction of sp³-hybridized carbons (Fsp3) is 0.455. The monoisotopic (exact) mass is 250 g/mol. The molecule has 1 aromatic heterocycles. The summed E-state index contributed by atoms with van der Waals surface area (Å²) >= 11 is 0. The van der Waals surface area contributed by atoms with Crippen LogP contribution in [-0.2, 0) is 4.79 Å². The molecule has 1 fully saturated rings. The lowest BCUT2D eigenvalue weighted by molar-refractivity contribution is -0.123. The summed E-state index contributed by atoms with van der Waals surface area (Å²) in [5.41, 5.74) is -0.103. The van der Waals surface area contributed by atoms with Crippen LogP contribution in [0.25, 0.3) is 0 Å². The summed E-state index contributed by atoms with van der Waals surface area (Å²) < 4.78 is 0. The van der Waals surface area contributed by atoms with E-state index in [0.717, 1.165) is 0 Å². The first kappa shape index (κ1) is 12.3. The van der Waals surface area contributed by atoms with Crippen LogP contribution < -0.4 is 10.2 Å². The molecule has 2 N–H and O–H groups in total. The van der Waals surface area contributed by atoms with Crippen molar-refractivity contribution in [2.45, 2.75) is 19.4 Å². The Hall–Kier alpha value is -2.18. The third-order valence-corrected chi connectivity index (χ3v) is 2.88. The van der Waals surface area contributed by atoms with Crippen LogP contribution >= 0.6 is 0 Å². The molecule has 1 saturated heterocycles. The molecule has 0 aliphatic carbocycles. The van der Waals surface area contributed by atoms with Crippen molar-refractivity contribution in [3.8, 4) is 0 Å². The van der Waals surface area contributed by atoms with Crippen LogP contribution in [0.2, 0.25) is 0 Å². The van der Waals surface area contributed by atoms with Crippen LogP contribution in [0, 0.1) is 0 Å². The van der Waals surface area contributed by atoms with Gasteiger partial charge in [0.05, 0.1) is 0 Å². The lowest BCUT2D eigenvalue weighted by atomic mass is 10.1. The summed E-state index contributed by atoms with van der Waals surface area (Å²) in [6.45, 7) is 3.12. The number of nitrogens with one attached hydrogen (secondary N) is 1. The molecule has 1 amide bonds. The largest absolute Gasteiger partial charge is 0.476 e. The van der Waals surface area contributed by atoms with Gasteiger partial charge < -0.3 is 15.3 Å². The van der Waals surface area contributed by atoms with Gasteiger partial charge in [0.25, 0.3) is 0 Å². The van der Waals surface area contributed by atoms with Gasteiger partial charge in [-0.1, -0.05) is 6.92 Å². The van der Waals surface area contributed by atoms with E-state index >= 15 is 0 Å². The minimum absolute atomic E-state index is 0.0344. The second-order valence-electron chi connectivity index (χ2n) is 3.99. The maximum atomic E-state index is 11.7. The normalized spacial score (nSPS) is 19.5. The number of aromatic nitrogens is 2. The molecule has 96 valence electrons. The van der Waals surface area contributed by atoms with Crippen LogP contribution in [0.4, 0.5) is 5.82 Å². The molecule has 0 bridgehead atoms. The van der Waals surface area contributed by atoms with Gasteiger partial charge in [-0.3, -0.25) is 4.79 Å². The highest BCUT2D eigenvalue weighted by Crippen LogP contribution is 2.17. The van der Waals surface area contributed by atoms with Crippen LogP contribution in [0.5, 0.6) is 0 Å². The molecule has 2 rings (SSSR count). The molecular formula is C11H14N4O3. The fourth-order valence-corrected chi connectivity index (χ4v) is 1.99. The molecule has 7 heteroatoms. The quantitative estimate of drug-likeness (QED) is 0.777. The summed E-state index contributed by atoms with van der Waals surface area (Å²) in [6, 6.07) is 2.70. The Balaban J connectivity index is 2.24. The maximum Gasteiger partial charge on any atom is 0.356 e. The summed E-state index contributed by atoms with van der Waals surface area (Å²) in [7, 11) is 0. The highest BCUT2D eigenvalue weighted by molar-refractivity contribution is 5.87. The Morgan fingerprint density at radius 1 is 1.56 bits per heavy atom. The number of anilines is 1. The van der Waals surface area contributed by atoms with Crippen LogP contribution in [0.1, 0.15) is 23.8 Å². The lowest BCUT2D eigenvalue weighted by Crippen LogP contribution is -2.55. The zero-order valence-corrected chi connectivity index (χ0v) is 9.96. The number of aromatic carboxylic acids is 1. The molecule has 1 unspecified atom stereocenters. The summed E-state index contributed by atoms with van der Waals surface area (Å²) in [6.07, 6.45) is 0.661. The molecule has 18 heavy (non-hydrogen) atoms. The van der Waals surface area contributed by atoms with Crippen LogP contribution in [-0.4, -0.2) is 46.3 Å². The van der Waals surface area contributed by atoms with Crippen molar-refractivity contribution < 1.29 is 14.7 Å². The first-order chi connectivity index (χ1) is 8.63. The average Bonchev–Trinajstić information content (AvgIpc) is 2.38. The molecule has 1 atom stereocenters. The number of amides is 1. The highest BCUT2D eigenvalue weighted by atomic mass is 16.4. The summed E-state index contributed by atoms with van der Waals surface area (Å²) in [4.78, 5) is 24.2. The Bertz CT molecular complexity index is 460. The molecule has 0 spiro atoms. The molecule has 1 aliphatic rings. The second-order valence-corrected chi connectivity index (χ2v) is 3.99. The highest BCUT2D eigenvalue weighted by Gasteiger charge is 2.29. The van der Waals surface area contributed by atoms with Gasteiger partial charge in [0.2, 0.25) is 5.91 Å². The van der Waals surface area contributed by atoms with E-state index in [1.165, 1.54) is 6.07 Å². The number of carbonyl (C=O) groups is 2. The van der Waals surface area contributed by atoms with E-state index in [1.54, 1.807) is 6.07 Å². The lowest BCUT2D eigenvalue weighted by Gasteiger charge is -2.34. The number of rotatable bonds is 3. The average molecular weight is 250 g/mol. The van der Waals surface area contributed by atoms with Crippen LogP contribution in [0.3, 0.4) is 0 Å². The zero-order chi connectivity index (χ0) is 13.1. The van der Waals surface area contributed by atoms with E-state index in [2.05, 4.69) is 15.5 Å². The van der Waals surface area contributed by atoms with E-state index in [-0.39, 0.29) is 17.6 Å². The predicted octanol–water partition coefficient (Wildman–Crippen LogP) is -0.110. The molecule has 2 heterocycles. The van der Waals surface area contributed by atoms with Crippen molar-refractivity contribution in [3.63, 3.8) is 0 Å². The topological polar surface area (TPSA) is 95.4 Å². The number of carboxylic acids is 1. The first-order valence-electron chi connectivity index (χ1n) is 5.75. The van der Waals surface area contributed by atoms with E-state index in [4.69, 9.17) is 5.11 Å². The van der Waals surface area contributed by atoms with Crippen molar-refractivity contribution in [2.24, 2.45) is 0 Å². The Morgan fingerprint density at radius 2 is 2.33 bits per heavy atom. The second kappa shape index (κ2) is 4.99. The van der Waals surface area contributed by atoms with Gasteiger partial charge in [0, 0.05) is 13.1 Å². The fourth-order valence-electron chi connectivity index (χ4n) is 1.99. The van der Waals surface area contributed by atoms with Gasteiger partial charge in [-0.05, 0) is 18.6 Å². The Kier molecular flexibility index (Phi) is 3.40. The Morgan fingerprint density at radius 3 is 2.89 bits per heavy atom. The number of hydrogen-bond donors (Lipinski definition) is 2. The molecule has 1 aliphatic heterocycles. The van der Waals surface area contributed by atoms with E-state index in [0.29, 0.717) is 25.3 Å². The van der Waals surface area contributed by atoms with Crippen molar-refractivity contribution in [3.05, 3.63) is 17.8 Å². The maximum absolute atomic E-state index is 11.7.